The number of hydrogen-bond donors (Lipinski definition) is 1. The molecule has 0 spiro atoms. The summed E-state index contributed by atoms with van der Waals surface area (Å²) in [6.07, 6.45) is 3.57. The van der Waals surface area contributed by atoms with E-state index in [1.54, 1.807) is 26.2 Å². The Morgan fingerprint density at radius 3 is 1.59 bits per heavy atom. The monoisotopic (exact) mass is 367 g/mol. The minimum absolute atomic E-state index is 0.179. The molecule has 4 nitrogen and oxygen atoms in total. The van der Waals surface area contributed by atoms with Crippen LogP contribution in [0.25, 0.3) is 0 Å². The molecule has 0 aliphatic heterocycles. The number of benzene rings is 1. The molecule has 1 N–H and O–H groups in total. The Bertz CT molecular complexity index is 857. The van der Waals surface area contributed by atoms with Gasteiger partial charge in [0.05, 0.1) is 5.60 Å². The summed E-state index contributed by atoms with van der Waals surface area (Å²) in [5, 5.41) is 9.74. The van der Waals surface area contributed by atoms with Gasteiger partial charge in [0.1, 0.15) is 0 Å². The van der Waals surface area contributed by atoms with Gasteiger partial charge in [-0.1, -0.05) is 37.3 Å². The van der Waals surface area contributed by atoms with Gasteiger partial charge in [0.15, 0.2) is 0 Å². The summed E-state index contributed by atoms with van der Waals surface area (Å²) in [7, 11) is 0. The fourth-order valence-corrected chi connectivity index (χ4v) is 2.19. The lowest BCUT2D eigenvalue weighted by atomic mass is 9.87. The summed E-state index contributed by atoms with van der Waals surface area (Å²) in [5.74, 6) is 0.179. The number of aromatic nitrogens is 1. The highest BCUT2D eigenvalue weighted by molar-refractivity contribution is 5.29. The largest absolute Gasteiger partial charge is 0.390 e. The maximum Gasteiger partial charge on any atom is 0.229 e. The van der Waals surface area contributed by atoms with Gasteiger partial charge in [-0.3, -0.25) is 14.6 Å². The van der Waals surface area contributed by atoms with Gasteiger partial charge in [0.2, 0.25) is 10.9 Å². The van der Waals surface area contributed by atoms with Crippen LogP contribution in [0.2, 0.25) is 0 Å². The molecule has 0 fully saturated rings. The number of aryl methyl sites for hydroxylation is 1. The molecule has 0 aliphatic rings. The minimum Gasteiger partial charge on any atom is -0.390 e. The highest BCUT2D eigenvalue weighted by Gasteiger charge is 2.23. The zero-order chi connectivity index (χ0) is 20.6. The van der Waals surface area contributed by atoms with Gasteiger partial charge >= 0.3 is 0 Å². The fourth-order valence-electron chi connectivity index (χ4n) is 2.19. The van der Waals surface area contributed by atoms with E-state index in [2.05, 4.69) is 4.98 Å². The molecule has 0 saturated carbocycles. The first-order valence-electron chi connectivity index (χ1n) is 8.96. The summed E-state index contributed by atoms with van der Waals surface area (Å²) in [4.78, 5) is 24.6. The van der Waals surface area contributed by atoms with E-state index in [1.165, 1.54) is 11.1 Å². The molecule has 2 aromatic carbocycles. The minimum atomic E-state index is -0.638. The van der Waals surface area contributed by atoms with Gasteiger partial charge in [-0.15, -0.1) is 0 Å². The average Bonchev–Trinajstić information content (AvgIpc) is 2.67. The molecule has 1 heterocycles. The number of rotatable bonds is 2. The zero-order valence-electron chi connectivity index (χ0n) is 17.0. The maximum absolute atomic E-state index is 10.4. The summed E-state index contributed by atoms with van der Waals surface area (Å²) in [6.45, 7) is 11.1. The number of hydrogen-bond acceptors (Lipinski definition) is 4. The lowest BCUT2D eigenvalue weighted by Crippen LogP contribution is -2.36. The maximum atomic E-state index is 10.4. The van der Waals surface area contributed by atoms with E-state index >= 15 is 0 Å². The average molecular weight is 367 g/mol. The second kappa shape index (κ2) is 9.93. The van der Waals surface area contributed by atoms with Crippen molar-refractivity contribution >= 4 is 0 Å². The Hall–Kier alpha value is -2.59. The van der Waals surface area contributed by atoms with Gasteiger partial charge in [0, 0.05) is 29.4 Å². The molecule has 1 unspecified atom stereocenters. The molecule has 0 bridgehead atoms. The van der Waals surface area contributed by atoms with E-state index in [1.807, 2.05) is 70.2 Å². The Morgan fingerprint density at radius 2 is 1.30 bits per heavy atom. The molecule has 0 amide bonds. The quantitative estimate of drug-likeness (QED) is 0.699. The van der Waals surface area contributed by atoms with E-state index in [0.29, 0.717) is 11.1 Å². The molecule has 3 aromatic rings. The third-order valence-corrected chi connectivity index (χ3v) is 4.66. The molecule has 144 valence electrons. The van der Waals surface area contributed by atoms with Crippen LogP contribution in [0.4, 0.5) is 0 Å². The Kier molecular flexibility index (Phi) is 8.26. The van der Waals surface area contributed by atoms with Gasteiger partial charge in [-0.2, -0.15) is 0 Å². The van der Waals surface area contributed by atoms with Gasteiger partial charge in [0.25, 0.3) is 0 Å². The van der Waals surface area contributed by atoms with Gasteiger partial charge in [-0.05, 0) is 57.9 Å². The van der Waals surface area contributed by atoms with Crippen molar-refractivity contribution in [3.63, 3.8) is 0 Å². The predicted octanol–water partition coefficient (Wildman–Crippen LogP) is 3.85. The predicted molar refractivity (Wildman–Crippen MR) is 111 cm³/mol. The summed E-state index contributed by atoms with van der Waals surface area (Å²) in [5.41, 5.74) is 2.41. The van der Waals surface area contributed by atoms with E-state index in [9.17, 15) is 14.7 Å². The van der Waals surface area contributed by atoms with Gasteiger partial charge in [-0.25, -0.2) is 0 Å². The molecule has 0 radical (unpaired) electrons. The number of aliphatic hydroxyl groups is 1. The second-order valence-electron chi connectivity index (χ2n) is 7.22. The van der Waals surface area contributed by atoms with Crippen LogP contribution in [0.5, 0.6) is 0 Å². The molecular formula is C23H29NO3. The van der Waals surface area contributed by atoms with Crippen molar-refractivity contribution in [2.24, 2.45) is 0 Å². The zero-order valence-corrected chi connectivity index (χ0v) is 17.0. The first-order valence-corrected chi connectivity index (χ1v) is 8.96. The van der Waals surface area contributed by atoms with Crippen molar-refractivity contribution in [3.05, 3.63) is 97.6 Å². The van der Waals surface area contributed by atoms with Crippen LogP contribution in [0.3, 0.4) is 0 Å². The third kappa shape index (κ3) is 6.91. The lowest BCUT2D eigenvalue weighted by molar-refractivity contribution is 0.0559. The van der Waals surface area contributed by atoms with Crippen molar-refractivity contribution in [2.45, 2.75) is 53.1 Å². The molecule has 27 heavy (non-hydrogen) atoms. The highest BCUT2D eigenvalue weighted by atomic mass is 16.3. The standard InChI is InChI=1S/C11H16O.C6H7N.C6H6O2/c1-9(11(2,3)12)10-7-5-4-6-8-10;1-6-2-4-7-5-3-6;1-3-4(2)6(8)5(3)7/h4-9,12H,1-3H3;2-5H,1H3;1-2H3. The van der Waals surface area contributed by atoms with Crippen molar-refractivity contribution in [1.29, 1.82) is 0 Å². The topological polar surface area (TPSA) is 67.3 Å². The van der Waals surface area contributed by atoms with Gasteiger partial charge < -0.3 is 5.11 Å². The van der Waals surface area contributed by atoms with Crippen LogP contribution < -0.4 is 10.9 Å². The summed E-state index contributed by atoms with van der Waals surface area (Å²) < 4.78 is 0. The van der Waals surface area contributed by atoms with Crippen LogP contribution in [-0.2, 0) is 0 Å². The van der Waals surface area contributed by atoms with Crippen molar-refractivity contribution in [3.8, 4) is 0 Å². The Morgan fingerprint density at radius 1 is 0.852 bits per heavy atom. The molecule has 0 aliphatic carbocycles. The molecule has 3 rings (SSSR count). The van der Waals surface area contributed by atoms with Crippen LogP contribution in [-0.4, -0.2) is 15.7 Å². The summed E-state index contributed by atoms with van der Waals surface area (Å²) >= 11 is 0. The summed E-state index contributed by atoms with van der Waals surface area (Å²) in [6, 6.07) is 14.0. The third-order valence-electron chi connectivity index (χ3n) is 4.66. The van der Waals surface area contributed by atoms with Crippen LogP contribution in [0.1, 0.15) is 48.9 Å². The smallest absolute Gasteiger partial charge is 0.229 e. The van der Waals surface area contributed by atoms with Crippen LogP contribution >= 0.6 is 0 Å². The molecule has 4 heteroatoms. The molecular weight excluding hydrogens is 338 g/mol. The van der Waals surface area contributed by atoms with Crippen molar-refractivity contribution in [2.75, 3.05) is 0 Å². The van der Waals surface area contributed by atoms with Crippen molar-refractivity contribution in [1.82, 2.24) is 4.98 Å². The Labute approximate surface area is 161 Å². The van der Waals surface area contributed by atoms with Crippen LogP contribution in [0, 0.1) is 20.8 Å². The molecule has 0 saturated heterocycles. The Balaban J connectivity index is 0.000000212. The SMILES string of the molecule is CC(c1ccccc1)C(C)(C)O.Cc1c(C)c(=O)c1=O.Cc1ccncc1. The fraction of sp³-hybridized carbons (Fsp3) is 0.348. The normalized spacial score (nSPS) is 11.7. The first-order chi connectivity index (χ1) is 12.6. The second-order valence-corrected chi connectivity index (χ2v) is 7.22. The van der Waals surface area contributed by atoms with E-state index in [0.717, 1.165) is 0 Å². The molecule has 1 atom stereocenters. The van der Waals surface area contributed by atoms with Crippen LogP contribution in [0.15, 0.2) is 64.4 Å². The van der Waals surface area contributed by atoms with E-state index in [-0.39, 0.29) is 16.8 Å². The van der Waals surface area contributed by atoms with E-state index < -0.39 is 5.60 Å². The first kappa shape index (κ1) is 22.5. The lowest BCUT2D eigenvalue weighted by Gasteiger charge is -2.26. The van der Waals surface area contributed by atoms with Crippen molar-refractivity contribution < 1.29 is 5.11 Å². The molecule has 1 aromatic heterocycles. The number of pyridine rings is 1. The van der Waals surface area contributed by atoms with E-state index in [4.69, 9.17) is 0 Å². The highest BCUT2D eigenvalue weighted by Crippen LogP contribution is 2.26. The number of nitrogens with zero attached hydrogens (tertiary/aromatic N) is 1.